The van der Waals surface area contributed by atoms with Crippen molar-refractivity contribution in [3.8, 4) is 5.75 Å². The molecular weight excluding hydrogens is 324 g/mol. The Morgan fingerprint density at radius 1 is 1.23 bits per heavy atom. The van der Waals surface area contributed by atoms with Gasteiger partial charge in [0.25, 0.3) is 0 Å². The molecule has 136 valence electrons. The van der Waals surface area contributed by atoms with Crippen LogP contribution in [0.25, 0.3) is 5.57 Å². The summed E-state index contributed by atoms with van der Waals surface area (Å²) in [6.45, 7) is 5.95. The first kappa shape index (κ1) is 18.0. The second-order valence-corrected chi connectivity index (χ2v) is 6.06. The lowest BCUT2D eigenvalue weighted by Gasteiger charge is -2.29. The van der Waals surface area contributed by atoms with Gasteiger partial charge in [0.05, 0.1) is 12.7 Å². The van der Waals surface area contributed by atoms with Gasteiger partial charge in [-0.05, 0) is 36.6 Å². The predicted octanol–water partition coefficient (Wildman–Crippen LogP) is 3.22. The summed E-state index contributed by atoms with van der Waals surface area (Å²) in [7, 11) is 0. The Hall–Kier alpha value is -2.82. The fourth-order valence-corrected chi connectivity index (χ4v) is 2.95. The van der Waals surface area contributed by atoms with E-state index in [0.717, 1.165) is 37.8 Å². The quantitative estimate of drug-likeness (QED) is 0.494. The number of nitrogens with zero attached hydrogens (tertiary/aromatic N) is 3. The minimum Gasteiger partial charge on any atom is -0.490 e. The summed E-state index contributed by atoms with van der Waals surface area (Å²) in [5.74, 6) is 1.73. The molecule has 1 aliphatic rings. The van der Waals surface area contributed by atoms with E-state index in [1.165, 1.54) is 11.1 Å². The van der Waals surface area contributed by atoms with Crippen LogP contribution in [0.4, 0.5) is 0 Å². The topological polar surface area (TPSA) is 49.8 Å². The zero-order valence-electron chi connectivity index (χ0n) is 15.3. The Morgan fingerprint density at radius 2 is 2.12 bits per heavy atom. The summed E-state index contributed by atoms with van der Waals surface area (Å²) in [6, 6.07) is 14.4. The number of ether oxygens (including phenoxy) is 1. The molecule has 2 aromatic rings. The molecule has 0 aliphatic carbocycles. The third kappa shape index (κ3) is 5.09. The van der Waals surface area contributed by atoms with Gasteiger partial charge >= 0.3 is 0 Å². The largest absolute Gasteiger partial charge is 0.490 e. The Kier molecular flexibility index (Phi) is 6.65. The van der Waals surface area contributed by atoms with Crippen molar-refractivity contribution in [3.05, 3.63) is 66.5 Å². The number of aromatic nitrogens is 1. The van der Waals surface area contributed by atoms with Gasteiger partial charge in [-0.15, -0.1) is 0 Å². The summed E-state index contributed by atoms with van der Waals surface area (Å²) in [5.41, 5.74) is 2.73. The first-order valence-corrected chi connectivity index (χ1v) is 9.17. The van der Waals surface area contributed by atoms with Crippen LogP contribution in [-0.2, 0) is 0 Å². The van der Waals surface area contributed by atoms with Crippen molar-refractivity contribution in [2.24, 2.45) is 4.99 Å². The van der Waals surface area contributed by atoms with Gasteiger partial charge in [-0.2, -0.15) is 0 Å². The molecule has 5 heteroatoms. The highest BCUT2D eigenvalue weighted by molar-refractivity contribution is 5.81. The molecule has 26 heavy (non-hydrogen) atoms. The Balaban J connectivity index is 1.55. The van der Waals surface area contributed by atoms with Crippen molar-refractivity contribution in [1.82, 2.24) is 15.2 Å². The van der Waals surface area contributed by atoms with Gasteiger partial charge in [-0.3, -0.25) is 4.98 Å². The standard InChI is InChI=1S/C21H26N4O/c1-2-23-21(24-13-16-26-20-9-6-12-22-17-20)25-14-10-19(11-15-25)18-7-4-3-5-8-18/h3-10,12,17H,2,11,13-16H2,1H3,(H,23,24). The molecule has 3 rings (SSSR count). The molecule has 0 saturated carbocycles. The molecule has 0 fully saturated rings. The summed E-state index contributed by atoms with van der Waals surface area (Å²) in [6.07, 6.45) is 6.79. The Bertz CT molecular complexity index is 728. The third-order valence-corrected chi connectivity index (χ3v) is 4.24. The van der Waals surface area contributed by atoms with Crippen LogP contribution in [0.15, 0.2) is 65.9 Å². The van der Waals surface area contributed by atoms with Crippen LogP contribution in [0.3, 0.4) is 0 Å². The van der Waals surface area contributed by atoms with Gasteiger partial charge in [0, 0.05) is 25.8 Å². The first-order chi connectivity index (χ1) is 12.9. The van der Waals surface area contributed by atoms with E-state index in [-0.39, 0.29) is 0 Å². The van der Waals surface area contributed by atoms with Gasteiger partial charge in [-0.1, -0.05) is 36.4 Å². The maximum Gasteiger partial charge on any atom is 0.194 e. The zero-order chi connectivity index (χ0) is 18.0. The number of nitrogens with one attached hydrogen (secondary N) is 1. The Morgan fingerprint density at radius 3 is 2.81 bits per heavy atom. The number of aliphatic imine (C=N–C) groups is 1. The van der Waals surface area contributed by atoms with Crippen molar-refractivity contribution >= 4 is 11.5 Å². The molecule has 1 N–H and O–H groups in total. The number of benzene rings is 1. The van der Waals surface area contributed by atoms with Crippen molar-refractivity contribution in [2.75, 3.05) is 32.8 Å². The van der Waals surface area contributed by atoms with Crippen LogP contribution < -0.4 is 10.1 Å². The number of hydrogen-bond donors (Lipinski definition) is 1. The minimum atomic E-state index is 0.541. The molecule has 5 nitrogen and oxygen atoms in total. The fourth-order valence-electron chi connectivity index (χ4n) is 2.95. The molecule has 0 bridgehead atoms. The van der Waals surface area contributed by atoms with Gasteiger partial charge < -0.3 is 15.0 Å². The lowest BCUT2D eigenvalue weighted by atomic mass is 10.00. The van der Waals surface area contributed by atoms with Crippen LogP contribution in [0.1, 0.15) is 18.9 Å². The third-order valence-electron chi connectivity index (χ3n) is 4.24. The summed E-state index contributed by atoms with van der Waals surface area (Å²) >= 11 is 0. The van der Waals surface area contributed by atoms with Crippen molar-refractivity contribution in [1.29, 1.82) is 0 Å². The van der Waals surface area contributed by atoms with E-state index in [0.29, 0.717) is 13.2 Å². The zero-order valence-corrected chi connectivity index (χ0v) is 15.3. The predicted molar refractivity (Wildman–Crippen MR) is 106 cm³/mol. The maximum absolute atomic E-state index is 5.67. The number of hydrogen-bond acceptors (Lipinski definition) is 3. The van der Waals surface area contributed by atoms with Crippen molar-refractivity contribution in [3.63, 3.8) is 0 Å². The van der Waals surface area contributed by atoms with E-state index in [1.54, 1.807) is 12.4 Å². The highest BCUT2D eigenvalue weighted by Crippen LogP contribution is 2.21. The summed E-state index contributed by atoms with van der Waals surface area (Å²) < 4.78 is 5.67. The van der Waals surface area contributed by atoms with Crippen LogP contribution in [0.5, 0.6) is 5.75 Å². The smallest absolute Gasteiger partial charge is 0.194 e. The van der Waals surface area contributed by atoms with E-state index in [4.69, 9.17) is 9.73 Å². The highest BCUT2D eigenvalue weighted by Gasteiger charge is 2.15. The lowest BCUT2D eigenvalue weighted by Crippen LogP contribution is -2.43. The fraction of sp³-hybridized carbons (Fsp3) is 0.333. The second kappa shape index (κ2) is 9.61. The molecule has 0 unspecified atom stereocenters. The number of pyridine rings is 1. The first-order valence-electron chi connectivity index (χ1n) is 9.17. The van der Waals surface area contributed by atoms with Crippen LogP contribution in [0, 0.1) is 0 Å². The molecule has 1 aromatic heterocycles. The molecule has 0 amide bonds. The minimum absolute atomic E-state index is 0.541. The van der Waals surface area contributed by atoms with Crippen LogP contribution in [-0.4, -0.2) is 48.6 Å². The number of rotatable bonds is 6. The lowest BCUT2D eigenvalue weighted by molar-refractivity contribution is 0.325. The monoisotopic (exact) mass is 350 g/mol. The average molecular weight is 350 g/mol. The van der Waals surface area contributed by atoms with Gasteiger partial charge in [0.15, 0.2) is 5.96 Å². The molecule has 0 atom stereocenters. The summed E-state index contributed by atoms with van der Waals surface area (Å²) in [4.78, 5) is 11.0. The number of guanidine groups is 1. The van der Waals surface area contributed by atoms with E-state index >= 15 is 0 Å². The second-order valence-electron chi connectivity index (χ2n) is 6.06. The van der Waals surface area contributed by atoms with Crippen molar-refractivity contribution < 1.29 is 4.74 Å². The van der Waals surface area contributed by atoms with Gasteiger partial charge in [0.1, 0.15) is 12.4 Å². The van der Waals surface area contributed by atoms with Gasteiger partial charge in [0.2, 0.25) is 0 Å². The van der Waals surface area contributed by atoms with Crippen LogP contribution >= 0.6 is 0 Å². The normalized spacial score (nSPS) is 14.7. The van der Waals surface area contributed by atoms with Gasteiger partial charge in [-0.25, -0.2) is 4.99 Å². The highest BCUT2D eigenvalue weighted by atomic mass is 16.5. The molecule has 1 aliphatic heterocycles. The SMILES string of the molecule is CCNC(=NCCOc1cccnc1)N1CC=C(c2ccccc2)CC1. The van der Waals surface area contributed by atoms with E-state index < -0.39 is 0 Å². The average Bonchev–Trinajstić information content (AvgIpc) is 2.72. The molecular formula is C21H26N4O. The molecule has 0 spiro atoms. The van der Waals surface area contributed by atoms with Crippen molar-refractivity contribution in [2.45, 2.75) is 13.3 Å². The summed E-state index contributed by atoms with van der Waals surface area (Å²) in [5, 5.41) is 3.38. The molecule has 2 heterocycles. The Labute approximate surface area is 155 Å². The molecule has 0 saturated heterocycles. The maximum atomic E-state index is 5.67. The van der Waals surface area contributed by atoms with E-state index in [2.05, 4.69) is 58.5 Å². The van der Waals surface area contributed by atoms with Crippen LogP contribution in [0.2, 0.25) is 0 Å². The van der Waals surface area contributed by atoms with E-state index in [1.807, 2.05) is 12.1 Å². The molecule has 1 aromatic carbocycles. The molecule has 0 radical (unpaired) electrons. The van der Waals surface area contributed by atoms with E-state index in [9.17, 15) is 0 Å².